The van der Waals surface area contributed by atoms with Gasteiger partial charge in [-0.2, -0.15) is 8.78 Å². The van der Waals surface area contributed by atoms with Gasteiger partial charge in [0.1, 0.15) is 29.6 Å². The van der Waals surface area contributed by atoms with Gasteiger partial charge in [0.25, 0.3) is 5.91 Å². The summed E-state index contributed by atoms with van der Waals surface area (Å²) in [6.07, 6.45) is -8.54. The Morgan fingerprint density at radius 1 is 0.967 bits per heavy atom. The van der Waals surface area contributed by atoms with Crippen LogP contribution in [0.5, 0.6) is 5.75 Å². The van der Waals surface area contributed by atoms with E-state index in [2.05, 4.69) is 10.1 Å². The molecule has 12 heteroatoms. The molecule has 0 aromatic heterocycles. The minimum absolute atomic E-state index is 0.148. The van der Waals surface area contributed by atoms with Crippen molar-refractivity contribution >= 4 is 17.6 Å². The maximum Gasteiger partial charge on any atom is 0.416 e. The standard InChI is InChI=1S/C18H14F6N2O4/c19-12-2-1-3-13(20)14(12)15(27)26-17(28)25-10-4-6-11(7-5-10)29-8-9-30-18(23,24)16(21)22/h1-7,16H,8-9H2,(H2,25,26,27,28). The molecule has 0 spiro atoms. The zero-order valence-corrected chi connectivity index (χ0v) is 14.9. The van der Waals surface area contributed by atoms with Gasteiger partial charge in [-0.05, 0) is 36.4 Å². The first-order chi connectivity index (χ1) is 14.1. The number of anilines is 1. The van der Waals surface area contributed by atoms with Gasteiger partial charge in [-0.3, -0.25) is 10.1 Å². The number of hydrogen-bond acceptors (Lipinski definition) is 4. The van der Waals surface area contributed by atoms with Crippen LogP contribution in [0.1, 0.15) is 10.4 Å². The van der Waals surface area contributed by atoms with Crippen LogP contribution in [0.25, 0.3) is 0 Å². The minimum Gasteiger partial charge on any atom is -0.491 e. The Morgan fingerprint density at radius 2 is 1.57 bits per heavy atom. The van der Waals surface area contributed by atoms with Crippen molar-refractivity contribution in [2.24, 2.45) is 0 Å². The molecule has 0 aliphatic heterocycles. The van der Waals surface area contributed by atoms with Crippen molar-refractivity contribution in [2.45, 2.75) is 12.5 Å². The summed E-state index contributed by atoms with van der Waals surface area (Å²) in [6.45, 7) is -1.24. The average molecular weight is 436 g/mol. The second-order valence-electron chi connectivity index (χ2n) is 5.59. The Bertz CT molecular complexity index is 872. The lowest BCUT2D eigenvalue weighted by molar-refractivity contribution is -0.301. The maximum absolute atomic E-state index is 13.5. The van der Waals surface area contributed by atoms with Gasteiger partial charge < -0.3 is 14.8 Å². The molecule has 0 radical (unpaired) electrons. The maximum atomic E-state index is 13.5. The molecule has 0 bridgehead atoms. The van der Waals surface area contributed by atoms with E-state index >= 15 is 0 Å². The fourth-order valence-corrected chi connectivity index (χ4v) is 2.08. The summed E-state index contributed by atoms with van der Waals surface area (Å²) in [6, 6.07) is 6.91. The summed E-state index contributed by atoms with van der Waals surface area (Å²) in [4.78, 5) is 23.6. The number of carbonyl (C=O) groups is 2. The number of rotatable bonds is 8. The van der Waals surface area contributed by atoms with Crippen molar-refractivity contribution in [1.29, 1.82) is 0 Å². The molecule has 2 N–H and O–H groups in total. The van der Waals surface area contributed by atoms with E-state index in [1.54, 1.807) is 5.32 Å². The molecule has 0 aliphatic rings. The minimum atomic E-state index is -4.58. The van der Waals surface area contributed by atoms with E-state index in [0.717, 1.165) is 18.2 Å². The van der Waals surface area contributed by atoms with E-state index in [4.69, 9.17) is 4.74 Å². The molecule has 0 unspecified atom stereocenters. The third-order valence-electron chi connectivity index (χ3n) is 3.43. The Hall–Kier alpha value is -3.28. The Labute approximate surface area is 165 Å². The lowest BCUT2D eigenvalue weighted by Crippen LogP contribution is -2.35. The van der Waals surface area contributed by atoms with Crippen LogP contribution in [0, 0.1) is 11.6 Å². The summed E-state index contributed by atoms with van der Waals surface area (Å²) in [5.41, 5.74) is -0.766. The van der Waals surface area contributed by atoms with Gasteiger partial charge in [0.2, 0.25) is 0 Å². The highest BCUT2D eigenvalue weighted by molar-refractivity contribution is 6.08. The van der Waals surface area contributed by atoms with Crippen molar-refractivity contribution in [1.82, 2.24) is 5.32 Å². The number of nitrogens with one attached hydrogen (secondary N) is 2. The molecule has 0 saturated carbocycles. The van der Waals surface area contributed by atoms with Gasteiger partial charge in [0, 0.05) is 5.69 Å². The Balaban J connectivity index is 1.82. The predicted octanol–water partition coefficient (Wildman–Crippen LogP) is 4.18. The topological polar surface area (TPSA) is 76.7 Å². The number of alkyl halides is 4. The fraction of sp³-hybridized carbons (Fsp3) is 0.222. The number of amides is 3. The lowest BCUT2D eigenvalue weighted by atomic mass is 10.2. The molecule has 2 aromatic carbocycles. The van der Waals surface area contributed by atoms with Crippen molar-refractivity contribution in [3.8, 4) is 5.75 Å². The number of benzene rings is 2. The highest BCUT2D eigenvalue weighted by Crippen LogP contribution is 2.24. The number of carbonyl (C=O) groups excluding carboxylic acids is 2. The van der Waals surface area contributed by atoms with Crippen LogP contribution >= 0.6 is 0 Å². The van der Waals surface area contributed by atoms with Gasteiger partial charge in [-0.1, -0.05) is 6.07 Å². The third-order valence-corrected chi connectivity index (χ3v) is 3.43. The van der Waals surface area contributed by atoms with Crippen LogP contribution in [0.15, 0.2) is 42.5 Å². The average Bonchev–Trinajstić information content (AvgIpc) is 2.66. The van der Waals surface area contributed by atoms with Crippen LogP contribution in [-0.4, -0.2) is 37.7 Å². The summed E-state index contributed by atoms with van der Waals surface area (Å²) in [5, 5.41) is 3.99. The Kier molecular flexibility index (Phi) is 7.64. The zero-order chi connectivity index (χ0) is 22.3. The van der Waals surface area contributed by atoms with E-state index in [-0.39, 0.29) is 11.4 Å². The summed E-state index contributed by atoms with van der Waals surface area (Å²) >= 11 is 0. The quantitative estimate of drug-likeness (QED) is 0.481. The molecule has 0 atom stereocenters. The van der Waals surface area contributed by atoms with Gasteiger partial charge in [0.15, 0.2) is 0 Å². The van der Waals surface area contributed by atoms with Crippen LogP contribution in [0.3, 0.4) is 0 Å². The molecule has 2 aromatic rings. The number of hydrogen-bond donors (Lipinski definition) is 2. The van der Waals surface area contributed by atoms with E-state index in [1.807, 2.05) is 0 Å². The first-order valence-electron chi connectivity index (χ1n) is 8.19. The SMILES string of the molecule is O=C(NC(=O)c1c(F)cccc1F)Nc1ccc(OCCOC(F)(F)C(F)F)cc1. The molecule has 30 heavy (non-hydrogen) atoms. The molecule has 162 valence electrons. The number of halogens is 6. The van der Waals surface area contributed by atoms with E-state index in [9.17, 15) is 35.9 Å². The van der Waals surface area contributed by atoms with Crippen molar-refractivity contribution < 1.29 is 45.4 Å². The smallest absolute Gasteiger partial charge is 0.416 e. The highest BCUT2D eigenvalue weighted by Gasteiger charge is 2.42. The normalized spacial score (nSPS) is 11.3. The van der Waals surface area contributed by atoms with Gasteiger partial charge in [-0.15, -0.1) is 0 Å². The summed E-state index contributed by atoms with van der Waals surface area (Å²) in [7, 11) is 0. The van der Waals surface area contributed by atoms with Crippen LogP contribution < -0.4 is 15.4 Å². The third kappa shape index (κ3) is 6.37. The van der Waals surface area contributed by atoms with Crippen LogP contribution in [0.2, 0.25) is 0 Å². The van der Waals surface area contributed by atoms with Crippen molar-refractivity contribution in [3.05, 3.63) is 59.7 Å². The molecule has 6 nitrogen and oxygen atoms in total. The van der Waals surface area contributed by atoms with E-state index < -0.39 is 54.9 Å². The fourth-order valence-electron chi connectivity index (χ4n) is 2.08. The molecule has 0 saturated heterocycles. The number of urea groups is 1. The molecular formula is C18H14F6N2O4. The second kappa shape index (κ2) is 9.96. The van der Waals surface area contributed by atoms with Gasteiger partial charge in [0.05, 0.1) is 6.61 Å². The van der Waals surface area contributed by atoms with E-state index in [1.165, 1.54) is 24.3 Å². The van der Waals surface area contributed by atoms with Crippen LogP contribution in [0.4, 0.5) is 36.8 Å². The second-order valence-corrected chi connectivity index (χ2v) is 5.59. The monoisotopic (exact) mass is 436 g/mol. The zero-order valence-electron chi connectivity index (χ0n) is 14.9. The first kappa shape index (κ1) is 23.0. The lowest BCUT2D eigenvalue weighted by Gasteiger charge is -2.15. The van der Waals surface area contributed by atoms with Gasteiger partial charge >= 0.3 is 18.6 Å². The van der Waals surface area contributed by atoms with E-state index in [0.29, 0.717) is 0 Å². The first-order valence-corrected chi connectivity index (χ1v) is 8.19. The molecular weight excluding hydrogens is 422 g/mol. The highest BCUT2D eigenvalue weighted by atomic mass is 19.3. The predicted molar refractivity (Wildman–Crippen MR) is 91.7 cm³/mol. The largest absolute Gasteiger partial charge is 0.491 e. The van der Waals surface area contributed by atoms with Crippen molar-refractivity contribution in [2.75, 3.05) is 18.5 Å². The molecule has 0 heterocycles. The number of imide groups is 1. The summed E-state index contributed by atoms with van der Waals surface area (Å²) < 4.78 is 84.7. The van der Waals surface area contributed by atoms with Gasteiger partial charge in [-0.25, -0.2) is 22.4 Å². The summed E-state index contributed by atoms with van der Waals surface area (Å²) in [5.74, 6) is -3.42. The molecule has 3 amide bonds. The Morgan fingerprint density at radius 3 is 2.13 bits per heavy atom. The van der Waals surface area contributed by atoms with Crippen LogP contribution in [-0.2, 0) is 4.74 Å². The molecule has 2 rings (SSSR count). The molecule has 0 fully saturated rings. The molecule has 0 aliphatic carbocycles. The number of ether oxygens (including phenoxy) is 2. The van der Waals surface area contributed by atoms with Crippen molar-refractivity contribution in [3.63, 3.8) is 0 Å².